The van der Waals surface area contributed by atoms with Crippen molar-refractivity contribution in [1.29, 1.82) is 0 Å². The number of carbonyl (C=O) groups excluding carboxylic acids is 1. The van der Waals surface area contributed by atoms with Crippen molar-refractivity contribution in [3.8, 4) is 0 Å². The number of benzene rings is 1. The summed E-state index contributed by atoms with van der Waals surface area (Å²) < 4.78 is 7.51. The summed E-state index contributed by atoms with van der Waals surface area (Å²) in [7, 11) is 0. The van der Waals surface area contributed by atoms with E-state index in [0.29, 0.717) is 5.92 Å². The lowest BCUT2D eigenvalue weighted by atomic mass is 9.96. The first kappa shape index (κ1) is 22.9. The van der Waals surface area contributed by atoms with Gasteiger partial charge in [0.25, 0.3) is 0 Å². The van der Waals surface area contributed by atoms with Gasteiger partial charge in [-0.15, -0.1) is 0 Å². The first-order valence-corrected chi connectivity index (χ1v) is 12.2. The third-order valence-corrected chi connectivity index (χ3v) is 6.90. The Bertz CT molecular complexity index is 965. The molecule has 2 fully saturated rings. The van der Waals surface area contributed by atoms with E-state index in [1.165, 1.54) is 12.8 Å². The summed E-state index contributed by atoms with van der Waals surface area (Å²) in [5, 5.41) is 0. The minimum atomic E-state index is -0.438. The lowest BCUT2D eigenvalue weighted by Gasteiger charge is -2.33. The minimum absolute atomic E-state index is 0.0117. The lowest BCUT2D eigenvalue weighted by molar-refractivity contribution is 0.0255. The van der Waals surface area contributed by atoms with E-state index in [1.807, 2.05) is 54.5 Å². The zero-order valence-corrected chi connectivity index (χ0v) is 19.8. The van der Waals surface area contributed by atoms with Crippen LogP contribution in [0, 0.1) is 5.92 Å². The van der Waals surface area contributed by atoms with Gasteiger partial charge in [0, 0.05) is 32.2 Å². The van der Waals surface area contributed by atoms with Crippen LogP contribution in [0.2, 0.25) is 0 Å². The zero-order valence-electron chi connectivity index (χ0n) is 19.8. The number of H-pyrrole nitrogens is 1. The van der Waals surface area contributed by atoms with Crippen LogP contribution in [-0.2, 0) is 4.74 Å². The molecule has 1 N–H and O–H groups in total. The summed E-state index contributed by atoms with van der Waals surface area (Å²) in [6.07, 6.45) is 6.32. The van der Waals surface area contributed by atoms with Crippen molar-refractivity contribution in [3.63, 3.8) is 0 Å². The number of rotatable bonds is 4. The number of ether oxygens (including phenoxy) is 1. The Morgan fingerprint density at radius 2 is 1.81 bits per heavy atom. The molecule has 2 aromatic rings. The Kier molecular flexibility index (Phi) is 6.93. The molecular weight excluding hydrogens is 404 g/mol. The molecule has 0 spiro atoms. The third-order valence-electron chi connectivity index (χ3n) is 6.90. The first-order valence-electron chi connectivity index (χ1n) is 12.2. The van der Waals surface area contributed by atoms with Crippen LogP contribution in [0.5, 0.6) is 0 Å². The molecular formula is C25H38N4O3. The van der Waals surface area contributed by atoms with Crippen LogP contribution in [0.3, 0.4) is 0 Å². The number of likely N-dealkylation sites (tertiary alicyclic amines) is 2. The fourth-order valence-electron chi connectivity index (χ4n) is 5.17. The summed E-state index contributed by atoms with van der Waals surface area (Å²) in [6, 6.07) is 8.24. The summed E-state index contributed by atoms with van der Waals surface area (Å²) in [5.74, 6) is 0.663. The van der Waals surface area contributed by atoms with Crippen LogP contribution >= 0.6 is 0 Å². The van der Waals surface area contributed by atoms with Gasteiger partial charge in [0.1, 0.15) is 5.60 Å². The number of aromatic nitrogens is 2. The maximum absolute atomic E-state index is 12.5. The quantitative estimate of drug-likeness (QED) is 0.762. The van der Waals surface area contributed by atoms with E-state index in [9.17, 15) is 9.59 Å². The van der Waals surface area contributed by atoms with Gasteiger partial charge in [-0.2, -0.15) is 0 Å². The number of imidazole rings is 1. The number of carbonyl (C=O) groups is 1. The second kappa shape index (κ2) is 9.69. The van der Waals surface area contributed by atoms with E-state index < -0.39 is 5.60 Å². The van der Waals surface area contributed by atoms with E-state index in [2.05, 4.69) is 9.88 Å². The number of aromatic amines is 1. The molecule has 2 aliphatic heterocycles. The lowest BCUT2D eigenvalue weighted by Crippen LogP contribution is -2.38. The van der Waals surface area contributed by atoms with Crippen LogP contribution in [-0.4, -0.2) is 63.8 Å². The molecule has 7 nitrogen and oxygen atoms in total. The Balaban J connectivity index is 1.23. The normalized spacial score (nSPS) is 21.6. The van der Waals surface area contributed by atoms with Crippen molar-refractivity contribution in [1.82, 2.24) is 19.4 Å². The molecule has 0 radical (unpaired) electrons. The van der Waals surface area contributed by atoms with Crippen molar-refractivity contribution >= 4 is 17.1 Å². The summed E-state index contributed by atoms with van der Waals surface area (Å²) >= 11 is 0. The van der Waals surface area contributed by atoms with Crippen LogP contribution < -0.4 is 5.69 Å². The number of amides is 1. The minimum Gasteiger partial charge on any atom is -0.444 e. The van der Waals surface area contributed by atoms with Gasteiger partial charge in [0.2, 0.25) is 0 Å². The van der Waals surface area contributed by atoms with Gasteiger partial charge >= 0.3 is 11.8 Å². The van der Waals surface area contributed by atoms with E-state index in [0.717, 1.165) is 69.4 Å². The molecule has 1 atom stereocenters. The highest BCUT2D eigenvalue weighted by atomic mass is 16.6. The average Bonchev–Trinajstić information content (AvgIpc) is 2.91. The fraction of sp³-hybridized carbons (Fsp3) is 0.680. The predicted molar refractivity (Wildman–Crippen MR) is 127 cm³/mol. The second-order valence-corrected chi connectivity index (χ2v) is 10.4. The van der Waals surface area contributed by atoms with Crippen molar-refractivity contribution in [2.75, 3.05) is 32.7 Å². The molecule has 1 amide bonds. The molecule has 1 aromatic carbocycles. The summed E-state index contributed by atoms with van der Waals surface area (Å²) in [4.78, 5) is 32.3. The Morgan fingerprint density at radius 3 is 2.56 bits per heavy atom. The SMILES string of the molecule is CC(C)(C)OC(=O)N1CCC[C@@H](CCN2CCC(n3c(=O)[nH]c4ccccc43)CC2)CC1. The average molecular weight is 443 g/mol. The van der Waals surface area contributed by atoms with Crippen molar-refractivity contribution in [2.45, 2.75) is 70.9 Å². The maximum atomic E-state index is 12.5. The Labute approximate surface area is 190 Å². The number of hydrogen-bond acceptors (Lipinski definition) is 4. The van der Waals surface area contributed by atoms with Gasteiger partial charge in [-0.05, 0) is 83.9 Å². The molecule has 0 aliphatic carbocycles. The summed E-state index contributed by atoms with van der Waals surface area (Å²) in [6.45, 7) is 10.5. The molecule has 3 heterocycles. The maximum Gasteiger partial charge on any atom is 0.410 e. The molecule has 32 heavy (non-hydrogen) atoms. The van der Waals surface area contributed by atoms with Crippen LogP contribution in [0.15, 0.2) is 29.1 Å². The highest BCUT2D eigenvalue weighted by Gasteiger charge is 2.27. The molecule has 2 saturated heterocycles. The Morgan fingerprint density at radius 1 is 1.06 bits per heavy atom. The molecule has 0 saturated carbocycles. The molecule has 1 aromatic heterocycles. The van der Waals surface area contributed by atoms with Crippen LogP contribution in [0.1, 0.15) is 65.3 Å². The molecule has 2 aliphatic rings. The number of fused-ring (bicyclic) bond motifs is 1. The van der Waals surface area contributed by atoms with E-state index in [4.69, 9.17) is 4.74 Å². The molecule has 0 unspecified atom stereocenters. The number of nitrogens with one attached hydrogen (secondary N) is 1. The van der Waals surface area contributed by atoms with Crippen molar-refractivity contribution < 1.29 is 9.53 Å². The molecule has 176 valence electrons. The van der Waals surface area contributed by atoms with Gasteiger partial charge in [0.05, 0.1) is 11.0 Å². The van der Waals surface area contributed by atoms with Crippen LogP contribution in [0.25, 0.3) is 11.0 Å². The number of para-hydroxylation sites is 2. The van der Waals surface area contributed by atoms with Gasteiger partial charge in [-0.25, -0.2) is 9.59 Å². The highest BCUT2D eigenvalue weighted by molar-refractivity contribution is 5.75. The Hall–Kier alpha value is -2.28. The van der Waals surface area contributed by atoms with Crippen molar-refractivity contribution in [2.24, 2.45) is 5.92 Å². The fourth-order valence-corrected chi connectivity index (χ4v) is 5.17. The monoisotopic (exact) mass is 442 g/mol. The van der Waals surface area contributed by atoms with Gasteiger partial charge in [-0.1, -0.05) is 12.1 Å². The third kappa shape index (κ3) is 5.55. The molecule has 4 rings (SSSR count). The topological polar surface area (TPSA) is 70.6 Å². The van der Waals surface area contributed by atoms with E-state index in [-0.39, 0.29) is 17.8 Å². The predicted octanol–water partition coefficient (Wildman–Crippen LogP) is 4.39. The van der Waals surface area contributed by atoms with Gasteiger partial charge < -0.3 is 19.5 Å². The van der Waals surface area contributed by atoms with E-state index >= 15 is 0 Å². The number of piperidine rings is 1. The smallest absolute Gasteiger partial charge is 0.410 e. The second-order valence-electron chi connectivity index (χ2n) is 10.4. The van der Waals surface area contributed by atoms with Gasteiger partial charge in [0.15, 0.2) is 0 Å². The standard InChI is InChI=1S/C25H38N4O3/c1-25(2,3)32-24(31)28-14-6-7-19(11-18-28)10-15-27-16-12-20(13-17-27)29-22-9-5-4-8-21(22)26-23(29)30/h4-5,8-9,19-20H,6-7,10-18H2,1-3H3,(H,26,30)/t19-/m0/s1. The molecule has 0 bridgehead atoms. The number of nitrogens with zero attached hydrogens (tertiary/aromatic N) is 3. The van der Waals surface area contributed by atoms with Gasteiger partial charge in [-0.3, -0.25) is 4.57 Å². The summed E-state index contributed by atoms with van der Waals surface area (Å²) in [5.41, 5.74) is 1.52. The van der Waals surface area contributed by atoms with Crippen LogP contribution in [0.4, 0.5) is 4.79 Å². The number of hydrogen-bond donors (Lipinski definition) is 1. The highest BCUT2D eigenvalue weighted by Crippen LogP contribution is 2.27. The van der Waals surface area contributed by atoms with Crippen molar-refractivity contribution in [3.05, 3.63) is 34.7 Å². The molecule has 7 heteroatoms. The largest absolute Gasteiger partial charge is 0.444 e. The first-order chi connectivity index (χ1) is 15.3. The van der Waals surface area contributed by atoms with E-state index in [1.54, 1.807) is 0 Å². The zero-order chi connectivity index (χ0) is 22.7.